The molecule has 3 aromatic rings. The van der Waals surface area contributed by atoms with E-state index in [9.17, 15) is 13.2 Å². The number of nitrogens with one attached hydrogen (secondary N) is 1. The van der Waals surface area contributed by atoms with Crippen molar-refractivity contribution in [3.63, 3.8) is 0 Å². The van der Waals surface area contributed by atoms with E-state index in [0.717, 1.165) is 29.0 Å². The number of amides is 1. The minimum Gasteiger partial charge on any atom is -0.489 e. The lowest BCUT2D eigenvalue weighted by Gasteiger charge is -2.22. The maximum Gasteiger partial charge on any atom is 0.240 e. The Hall–Kier alpha value is -3.32. The molecule has 0 atom stereocenters. The monoisotopic (exact) mass is 466 g/mol. The molecule has 0 unspecified atom stereocenters. The Labute approximate surface area is 196 Å². The highest BCUT2D eigenvalue weighted by molar-refractivity contribution is 7.92. The average molecular weight is 467 g/mol. The number of nitrogens with zero attached hydrogens (tertiary/aromatic N) is 1. The summed E-state index contributed by atoms with van der Waals surface area (Å²) < 4.78 is 31.5. The van der Waals surface area contributed by atoms with Gasteiger partial charge in [-0.1, -0.05) is 60.2 Å². The maximum absolute atomic E-state index is 12.4. The molecule has 0 bridgehead atoms. The van der Waals surface area contributed by atoms with Gasteiger partial charge in [-0.15, -0.1) is 0 Å². The molecule has 174 valence electrons. The lowest BCUT2D eigenvalue weighted by molar-refractivity contribution is -0.119. The van der Waals surface area contributed by atoms with E-state index in [1.807, 2.05) is 49.4 Å². The van der Waals surface area contributed by atoms with Gasteiger partial charge in [-0.3, -0.25) is 9.10 Å². The fourth-order valence-electron chi connectivity index (χ4n) is 3.42. The van der Waals surface area contributed by atoms with Gasteiger partial charge in [0.05, 0.1) is 11.9 Å². The van der Waals surface area contributed by atoms with E-state index in [1.54, 1.807) is 24.3 Å². The second-order valence-electron chi connectivity index (χ2n) is 7.98. The molecule has 7 heteroatoms. The molecule has 0 radical (unpaired) electrons. The number of anilines is 1. The van der Waals surface area contributed by atoms with Crippen molar-refractivity contribution in [2.75, 3.05) is 23.7 Å². The number of aryl methyl sites for hydroxylation is 2. The van der Waals surface area contributed by atoms with E-state index in [1.165, 1.54) is 11.1 Å². The Bertz CT molecular complexity index is 1150. The van der Waals surface area contributed by atoms with Gasteiger partial charge < -0.3 is 10.1 Å². The number of benzene rings is 3. The van der Waals surface area contributed by atoms with Crippen LogP contribution in [0, 0.1) is 6.92 Å². The summed E-state index contributed by atoms with van der Waals surface area (Å²) in [6.45, 7) is 2.68. The number of hydrogen-bond acceptors (Lipinski definition) is 4. The summed E-state index contributed by atoms with van der Waals surface area (Å²) in [6.07, 6.45) is 2.72. The number of rotatable bonds is 11. The van der Waals surface area contributed by atoms with Crippen molar-refractivity contribution >= 4 is 21.6 Å². The Balaban J connectivity index is 1.52. The van der Waals surface area contributed by atoms with Crippen LogP contribution >= 0.6 is 0 Å². The fourth-order valence-corrected chi connectivity index (χ4v) is 4.28. The molecule has 0 aliphatic carbocycles. The molecule has 0 saturated heterocycles. The fraction of sp³-hybridized carbons (Fsp3) is 0.269. The molecule has 0 heterocycles. The lowest BCUT2D eigenvalue weighted by Crippen LogP contribution is -2.40. The van der Waals surface area contributed by atoms with E-state index in [0.29, 0.717) is 24.6 Å². The van der Waals surface area contributed by atoms with Gasteiger partial charge in [-0.25, -0.2) is 8.42 Å². The number of sulfonamides is 1. The molecular formula is C26H30N2O4S. The van der Waals surface area contributed by atoms with Crippen molar-refractivity contribution in [3.8, 4) is 5.75 Å². The van der Waals surface area contributed by atoms with Gasteiger partial charge in [0.2, 0.25) is 15.9 Å². The first-order chi connectivity index (χ1) is 15.8. The summed E-state index contributed by atoms with van der Waals surface area (Å²) in [7, 11) is -3.63. The third-order valence-corrected chi connectivity index (χ3v) is 6.25. The lowest BCUT2D eigenvalue weighted by atomic mass is 10.1. The molecule has 0 saturated carbocycles. The van der Waals surface area contributed by atoms with E-state index in [4.69, 9.17) is 4.74 Å². The van der Waals surface area contributed by atoms with Crippen LogP contribution in [0.2, 0.25) is 0 Å². The zero-order valence-electron chi connectivity index (χ0n) is 19.0. The van der Waals surface area contributed by atoms with Crippen molar-refractivity contribution in [2.24, 2.45) is 0 Å². The van der Waals surface area contributed by atoms with Crippen LogP contribution in [0.25, 0.3) is 0 Å². The molecule has 3 aromatic carbocycles. The molecule has 0 fully saturated rings. The summed E-state index contributed by atoms with van der Waals surface area (Å²) in [5, 5.41) is 2.82. The van der Waals surface area contributed by atoms with Crippen LogP contribution in [0.5, 0.6) is 5.75 Å². The molecule has 0 aliphatic heterocycles. The van der Waals surface area contributed by atoms with Crippen LogP contribution in [0.1, 0.15) is 23.1 Å². The van der Waals surface area contributed by atoms with Crippen molar-refractivity contribution in [1.82, 2.24) is 5.32 Å². The SMILES string of the molecule is Cc1cccc(CCCNC(=O)CN(c2ccc(OCc3ccccc3)cc2)S(C)(=O)=O)c1. The molecule has 0 spiro atoms. The average Bonchev–Trinajstić information content (AvgIpc) is 2.79. The first-order valence-electron chi connectivity index (χ1n) is 10.9. The predicted molar refractivity (Wildman–Crippen MR) is 132 cm³/mol. The summed E-state index contributed by atoms with van der Waals surface area (Å²) in [5.41, 5.74) is 3.88. The Kier molecular flexibility index (Phi) is 8.49. The van der Waals surface area contributed by atoms with Gasteiger partial charge >= 0.3 is 0 Å². The van der Waals surface area contributed by atoms with E-state index in [2.05, 4.69) is 17.4 Å². The Morgan fingerprint density at radius 1 is 0.939 bits per heavy atom. The van der Waals surface area contributed by atoms with Crippen LogP contribution in [-0.2, 0) is 27.8 Å². The number of hydrogen-bond donors (Lipinski definition) is 1. The normalized spacial score (nSPS) is 11.1. The first kappa shape index (κ1) is 24.3. The standard InChI is InChI=1S/C26H30N2O4S/c1-21-8-6-11-22(18-21)12-7-17-27-26(29)19-28(33(2,30)31)24-13-15-25(16-14-24)32-20-23-9-4-3-5-10-23/h3-6,8-11,13-16,18H,7,12,17,19-20H2,1-2H3,(H,27,29). The number of carbonyl (C=O) groups excluding carboxylic acids is 1. The number of ether oxygens (including phenoxy) is 1. The molecule has 1 amide bonds. The summed E-state index contributed by atoms with van der Waals surface area (Å²) in [4.78, 5) is 12.4. The second kappa shape index (κ2) is 11.5. The smallest absolute Gasteiger partial charge is 0.240 e. The third-order valence-electron chi connectivity index (χ3n) is 5.11. The minimum atomic E-state index is -3.63. The molecule has 6 nitrogen and oxygen atoms in total. The van der Waals surface area contributed by atoms with Crippen LogP contribution in [0.4, 0.5) is 5.69 Å². The van der Waals surface area contributed by atoms with Gasteiger partial charge in [0.15, 0.2) is 0 Å². The van der Waals surface area contributed by atoms with Crippen molar-refractivity contribution < 1.29 is 17.9 Å². The highest BCUT2D eigenvalue weighted by Gasteiger charge is 2.20. The van der Waals surface area contributed by atoms with Gasteiger partial charge in [0.1, 0.15) is 18.9 Å². The van der Waals surface area contributed by atoms with Crippen LogP contribution in [0.15, 0.2) is 78.9 Å². The highest BCUT2D eigenvalue weighted by Crippen LogP contribution is 2.22. The highest BCUT2D eigenvalue weighted by atomic mass is 32.2. The summed E-state index contributed by atoms with van der Waals surface area (Å²) in [5.74, 6) is 0.283. The Morgan fingerprint density at radius 2 is 1.64 bits per heavy atom. The molecule has 1 N–H and O–H groups in total. The molecule has 0 aliphatic rings. The van der Waals surface area contributed by atoms with Crippen LogP contribution in [-0.4, -0.2) is 33.7 Å². The largest absolute Gasteiger partial charge is 0.489 e. The quantitative estimate of drug-likeness (QED) is 0.432. The van der Waals surface area contributed by atoms with Gasteiger partial charge in [0, 0.05) is 6.54 Å². The topological polar surface area (TPSA) is 75.7 Å². The molecule has 3 rings (SSSR count). The number of carbonyl (C=O) groups is 1. The van der Waals surface area contributed by atoms with Crippen molar-refractivity contribution in [3.05, 3.63) is 95.6 Å². The Morgan fingerprint density at radius 3 is 2.30 bits per heavy atom. The molecule has 33 heavy (non-hydrogen) atoms. The van der Waals surface area contributed by atoms with Crippen molar-refractivity contribution in [2.45, 2.75) is 26.4 Å². The second-order valence-corrected chi connectivity index (χ2v) is 9.89. The summed E-state index contributed by atoms with van der Waals surface area (Å²) in [6, 6.07) is 24.7. The van der Waals surface area contributed by atoms with Crippen LogP contribution in [0.3, 0.4) is 0 Å². The first-order valence-corrected chi connectivity index (χ1v) is 12.7. The zero-order chi connectivity index (χ0) is 23.7. The molecular weight excluding hydrogens is 436 g/mol. The van der Waals surface area contributed by atoms with Gasteiger partial charge in [0.25, 0.3) is 0 Å². The van der Waals surface area contributed by atoms with Crippen LogP contribution < -0.4 is 14.4 Å². The van der Waals surface area contributed by atoms with E-state index >= 15 is 0 Å². The van der Waals surface area contributed by atoms with Gasteiger partial charge in [-0.05, 0) is 55.2 Å². The van der Waals surface area contributed by atoms with E-state index in [-0.39, 0.29) is 12.5 Å². The summed E-state index contributed by atoms with van der Waals surface area (Å²) >= 11 is 0. The van der Waals surface area contributed by atoms with Crippen molar-refractivity contribution in [1.29, 1.82) is 0 Å². The minimum absolute atomic E-state index is 0.270. The maximum atomic E-state index is 12.4. The zero-order valence-corrected chi connectivity index (χ0v) is 19.8. The van der Waals surface area contributed by atoms with E-state index < -0.39 is 10.0 Å². The predicted octanol–water partition coefficient (Wildman–Crippen LogP) is 4.09. The van der Waals surface area contributed by atoms with Gasteiger partial charge in [-0.2, -0.15) is 0 Å². The third kappa shape index (κ3) is 7.95. The molecule has 0 aromatic heterocycles.